The fourth-order valence-electron chi connectivity index (χ4n) is 3.21. The number of thiophene rings is 1. The van der Waals surface area contributed by atoms with Crippen LogP contribution in [0.2, 0.25) is 0 Å². The third kappa shape index (κ3) is 2.80. The molecule has 1 aliphatic heterocycles. The standard InChI is InChI=1S/C18H18N6O2S/c1-18(2)15-11(16(26)24(18)8-9-25)10-13(27-15)12-4-6-19-17(21-12)22-14-5-7-20-23(14)3/h4-7,9-10H,8H2,1-3H3,(H,19,21,22). The first-order valence-corrected chi connectivity index (χ1v) is 9.22. The number of fused-ring (bicyclic) bond motifs is 1. The van der Waals surface area contributed by atoms with Crippen LogP contribution in [0.4, 0.5) is 11.8 Å². The van der Waals surface area contributed by atoms with Crippen LogP contribution in [0, 0.1) is 0 Å². The van der Waals surface area contributed by atoms with Crippen LogP contribution >= 0.6 is 11.3 Å². The Hall–Kier alpha value is -3.07. The van der Waals surface area contributed by atoms with Gasteiger partial charge in [0.25, 0.3) is 5.91 Å². The maximum Gasteiger partial charge on any atom is 0.256 e. The highest BCUT2D eigenvalue weighted by molar-refractivity contribution is 7.16. The molecular weight excluding hydrogens is 364 g/mol. The number of anilines is 2. The quantitative estimate of drug-likeness (QED) is 0.682. The Morgan fingerprint density at radius 1 is 1.30 bits per heavy atom. The van der Waals surface area contributed by atoms with Crippen molar-refractivity contribution < 1.29 is 9.59 Å². The lowest BCUT2D eigenvalue weighted by atomic mass is 10.0. The molecular formula is C18H18N6O2S. The first kappa shape index (κ1) is 17.3. The van der Waals surface area contributed by atoms with Gasteiger partial charge in [-0.05, 0) is 26.0 Å². The number of aldehydes is 1. The summed E-state index contributed by atoms with van der Waals surface area (Å²) in [7, 11) is 1.83. The summed E-state index contributed by atoms with van der Waals surface area (Å²) < 4.78 is 1.69. The number of amides is 1. The number of carbonyl (C=O) groups excluding carboxylic acids is 2. The molecule has 0 spiro atoms. The van der Waals surface area contributed by atoms with Gasteiger partial charge in [-0.1, -0.05) is 0 Å². The van der Waals surface area contributed by atoms with Gasteiger partial charge in [-0.3, -0.25) is 9.48 Å². The zero-order chi connectivity index (χ0) is 19.2. The molecule has 0 unspecified atom stereocenters. The van der Waals surface area contributed by atoms with Gasteiger partial charge in [0.05, 0.1) is 34.4 Å². The van der Waals surface area contributed by atoms with Gasteiger partial charge < -0.3 is 15.0 Å². The van der Waals surface area contributed by atoms with Gasteiger partial charge in [-0.15, -0.1) is 11.3 Å². The van der Waals surface area contributed by atoms with Gasteiger partial charge >= 0.3 is 0 Å². The van der Waals surface area contributed by atoms with Gasteiger partial charge in [-0.2, -0.15) is 5.10 Å². The van der Waals surface area contributed by atoms with Crippen molar-refractivity contribution in [2.24, 2.45) is 7.05 Å². The van der Waals surface area contributed by atoms with Gasteiger partial charge in [-0.25, -0.2) is 9.97 Å². The predicted octanol–water partition coefficient (Wildman–Crippen LogP) is 2.57. The molecule has 0 radical (unpaired) electrons. The molecule has 0 fully saturated rings. The molecule has 0 aliphatic carbocycles. The van der Waals surface area contributed by atoms with Gasteiger partial charge in [0, 0.05) is 24.2 Å². The van der Waals surface area contributed by atoms with Crippen LogP contribution in [0.5, 0.6) is 0 Å². The minimum Gasteiger partial charge on any atom is -0.322 e. The molecule has 4 heterocycles. The first-order chi connectivity index (χ1) is 12.9. The Kier molecular flexibility index (Phi) is 4.03. The fourth-order valence-corrected chi connectivity index (χ4v) is 4.44. The van der Waals surface area contributed by atoms with E-state index in [1.807, 2.05) is 39.1 Å². The van der Waals surface area contributed by atoms with E-state index in [0.717, 1.165) is 27.6 Å². The summed E-state index contributed by atoms with van der Waals surface area (Å²) >= 11 is 1.52. The summed E-state index contributed by atoms with van der Waals surface area (Å²) in [5.74, 6) is 1.12. The third-order valence-corrected chi connectivity index (χ3v) is 6.13. The summed E-state index contributed by atoms with van der Waals surface area (Å²) in [6, 6.07) is 5.50. The smallest absolute Gasteiger partial charge is 0.256 e. The van der Waals surface area contributed by atoms with Crippen LogP contribution in [0.15, 0.2) is 30.6 Å². The SMILES string of the molecule is Cn1nccc1Nc1nccc(-c2cc3c(s2)C(C)(C)N(CC=O)C3=O)n1. The van der Waals surface area contributed by atoms with E-state index in [1.165, 1.54) is 11.3 Å². The van der Waals surface area contributed by atoms with E-state index in [-0.39, 0.29) is 12.5 Å². The minimum absolute atomic E-state index is 0.0921. The Morgan fingerprint density at radius 2 is 2.11 bits per heavy atom. The normalized spacial score (nSPS) is 15.1. The Balaban J connectivity index is 1.67. The van der Waals surface area contributed by atoms with Crippen LogP contribution in [0.3, 0.4) is 0 Å². The first-order valence-electron chi connectivity index (χ1n) is 8.40. The molecule has 0 aromatic carbocycles. The molecule has 1 aliphatic rings. The number of aromatic nitrogens is 4. The zero-order valence-corrected chi connectivity index (χ0v) is 15.9. The van der Waals surface area contributed by atoms with Crippen LogP contribution in [-0.2, 0) is 17.4 Å². The summed E-state index contributed by atoms with van der Waals surface area (Å²) in [5.41, 5.74) is 0.861. The molecule has 0 bridgehead atoms. The van der Waals surface area contributed by atoms with Crippen molar-refractivity contribution in [2.75, 3.05) is 11.9 Å². The summed E-state index contributed by atoms with van der Waals surface area (Å²) in [6.45, 7) is 4.00. The number of rotatable bonds is 5. The zero-order valence-electron chi connectivity index (χ0n) is 15.1. The maximum absolute atomic E-state index is 12.7. The Labute approximate surface area is 159 Å². The van der Waals surface area contributed by atoms with Gasteiger partial charge in [0.2, 0.25) is 5.95 Å². The van der Waals surface area contributed by atoms with Crippen molar-refractivity contribution in [3.05, 3.63) is 41.0 Å². The van der Waals surface area contributed by atoms with E-state index in [2.05, 4.69) is 20.4 Å². The number of hydrogen-bond donors (Lipinski definition) is 1. The van der Waals surface area contributed by atoms with Crippen LogP contribution in [0.25, 0.3) is 10.6 Å². The highest BCUT2D eigenvalue weighted by Gasteiger charge is 2.44. The van der Waals surface area contributed by atoms with Crippen molar-refractivity contribution in [3.63, 3.8) is 0 Å². The van der Waals surface area contributed by atoms with Crippen LogP contribution < -0.4 is 5.32 Å². The minimum atomic E-state index is -0.515. The summed E-state index contributed by atoms with van der Waals surface area (Å²) in [4.78, 5) is 35.9. The topological polar surface area (TPSA) is 93.0 Å². The van der Waals surface area contributed by atoms with Crippen molar-refractivity contribution >= 4 is 35.3 Å². The lowest BCUT2D eigenvalue weighted by Gasteiger charge is -2.30. The van der Waals surface area contributed by atoms with Gasteiger partial charge in [0.15, 0.2) is 0 Å². The van der Waals surface area contributed by atoms with E-state index in [4.69, 9.17) is 0 Å². The van der Waals surface area contributed by atoms with Crippen molar-refractivity contribution in [2.45, 2.75) is 19.4 Å². The lowest BCUT2D eigenvalue weighted by Crippen LogP contribution is -2.40. The molecule has 4 rings (SSSR count). The van der Waals surface area contributed by atoms with E-state index in [1.54, 1.807) is 22.0 Å². The van der Waals surface area contributed by atoms with Crippen molar-refractivity contribution in [1.82, 2.24) is 24.6 Å². The van der Waals surface area contributed by atoms with E-state index >= 15 is 0 Å². The number of nitrogens with zero attached hydrogens (tertiary/aromatic N) is 5. The van der Waals surface area contributed by atoms with Crippen LogP contribution in [0.1, 0.15) is 29.1 Å². The molecule has 9 heteroatoms. The number of hydrogen-bond acceptors (Lipinski definition) is 7. The maximum atomic E-state index is 12.7. The molecule has 138 valence electrons. The molecule has 3 aromatic rings. The molecule has 1 N–H and O–H groups in total. The largest absolute Gasteiger partial charge is 0.322 e. The molecule has 1 amide bonds. The second-order valence-corrected chi connectivity index (χ2v) is 7.78. The Bertz CT molecular complexity index is 1040. The van der Waals surface area contributed by atoms with E-state index in [9.17, 15) is 9.59 Å². The highest BCUT2D eigenvalue weighted by atomic mass is 32.1. The summed E-state index contributed by atoms with van der Waals surface area (Å²) in [6.07, 6.45) is 4.13. The third-order valence-electron chi connectivity index (χ3n) is 4.66. The van der Waals surface area contributed by atoms with E-state index < -0.39 is 5.54 Å². The number of nitrogens with one attached hydrogen (secondary N) is 1. The lowest BCUT2D eigenvalue weighted by molar-refractivity contribution is -0.109. The number of carbonyl (C=O) groups is 2. The van der Waals surface area contributed by atoms with E-state index in [0.29, 0.717) is 11.5 Å². The van der Waals surface area contributed by atoms with Crippen LogP contribution in [-0.4, -0.2) is 43.4 Å². The van der Waals surface area contributed by atoms with Gasteiger partial charge in [0.1, 0.15) is 12.1 Å². The number of aryl methyl sites for hydroxylation is 1. The molecule has 0 atom stereocenters. The van der Waals surface area contributed by atoms with Crippen molar-refractivity contribution in [1.29, 1.82) is 0 Å². The molecule has 0 saturated heterocycles. The second kappa shape index (κ2) is 6.27. The average molecular weight is 382 g/mol. The Morgan fingerprint density at radius 3 is 2.78 bits per heavy atom. The van der Waals surface area contributed by atoms with Crippen molar-refractivity contribution in [3.8, 4) is 10.6 Å². The highest BCUT2D eigenvalue weighted by Crippen LogP contribution is 2.45. The predicted molar refractivity (Wildman–Crippen MR) is 102 cm³/mol. The molecule has 27 heavy (non-hydrogen) atoms. The second-order valence-electron chi connectivity index (χ2n) is 6.73. The summed E-state index contributed by atoms with van der Waals surface area (Å²) in [5, 5.41) is 7.24. The fraction of sp³-hybridized carbons (Fsp3) is 0.278. The molecule has 8 nitrogen and oxygen atoms in total. The molecule has 3 aromatic heterocycles. The monoisotopic (exact) mass is 382 g/mol. The average Bonchev–Trinajstić information content (AvgIpc) is 3.30. The molecule has 0 saturated carbocycles.